The van der Waals surface area contributed by atoms with Crippen LogP contribution in [-0.2, 0) is 16.1 Å². The van der Waals surface area contributed by atoms with Crippen molar-refractivity contribution in [1.82, 2.24) is 9.47 Å². The van der Waals surface area contributed by atoms with Crippen LogP contribution in [0, 0.1) is 12.8 Å². The fourth-order valence-electron chi connectivity index (χ4n) is 4.65. The van der Waals surface area contributed by atoms with Crippen molar-refractivity contribution in [3.63, 3.8) is 0 Å². The predicted octanol–water partition coefficient (Wildman–Crippen LogP) is 3.26. The minimum atomic E-state index is -0.542. The molecule has 1 saturated heterocycles. The molecule has 0 amide bonds. The largest absolute Gasteiger partial charge is 0.507 e. The second kappa shape index (κ2) is 10.7. The number of benzene rings is 1. The molecule has 1 unspecified atom stereocenters. The van der Waals surface area contributed by atoms with Crippen molar-refractivity contribution in [2.24, 2.45) is 5.92 Å². The highest BCUT2D eigenvalue weighted by molar-refractivity contribution is 5.72. The van der Waals surface area contributed by atoms with Gasteiger partial charge < -0.3 is 23.9 Å². The molecule has 0 radical (unpaired) electrons. The fourth-order valence-corrected chi connectivity index (χ4v) is 4.65. The SMILES string of the molecule is CCOC(=O)C1CCN(C(c2ccc(OC)cc2OC)c2c(O)cc(C)n(CC)c2=O)CC1. The third-order valence-electron chi connectivity index (χ3n) is 6.36. The van der Waals surface area contributed by atoms with Crippen LogP contribution in [-0.4, -0.2) is 54.5 Å². The van der Waals surface area contributed by atoms with E-state index in [0.717, 1.165) is 5.56 Å². The number of carbonyl (C=O) groups is 1. The zero-order valence-corrected chi connectivity index (χ0v) is 20.1. The van der Waals surface area contributed by atoms with Gasteiger partial charge in [0.05, 0.1) is 38.3 Å². The summed E-state index contributed by atoms with van der Waals surface area (Å²) in [6, 6.07) is 6.56. The van der Waals surface area contributed by atoms with Gasteiger partial charge in [-0.25, -0.2) is 0 Å². The molecule has 2 heterocycles. The number of pyridine rings is 1. The van der Waals surface area contributed by atoms with Crippen LogP contribution < -0.4 is 15.0 Å². The van der Waals surface area contributed by atoms with E-state index in [1.54, 1.807) is 37.8 Å². The minimum Gasteiger partial charge on any atom is -0.507 e. The van der Waals surface area contributed by atoms with Crippen molar-refractivity contribution < 1.29 is 24.1 Å². The molecule has 8 heteroatoms. The first-order chi connectivity index (χ1) is 15.9. The lowest BCUT2D eigenvalue weighted by atomic mass is 9.90. The lowest BCUT2D eigenvalue weighted by Gasteiger charge is -2.38. The smallest absolute Gasteiger partial charge is 0.309 e. The normalized spacial score (nSPS) is 15.8. The molecule has 1 atom stereocenters. The molecular formula is C25H34N2O6. The number of aromatic hydroxyl groups is 1. The molecule has 1 aromatic heterocycles. The molecule has 0 aliphatic carbocycles. The fraction of sp³-hybridized carbons (Fsp3) is 0.520. The number of methoxy groups -OCH3 is 2. The van der Waals surface area contributed by atoms with Crippen molar-refractivity contribution in [3.05, 3.63) is 51.4 Å². The summed E-state index contributed by atoms with van der Waals surface area (Å²) < 4.78 is 17.9. The van der Waals surface area contributed by atoms with E-state index in [4.69, 9.17) is 14.2 Å². The van der Waals surface area contributed by atoms with Crippen LogP contribution >= 0.6 is 0 Å². The molecule has 1 N–H and O–H groups in total. The zero-order valence-electron chi connectivity index (χ0n) is 20.1. The molecule has 1 aliphatic heterocycles. The average Bonchev–Trinajstić information content (AvgIpc) is 2.82. The Kier molecular flexibility index (Phi) is 8.02. The van der Waals surface area contributed by atoms with Crippen molar-refractivity contribution in [2.45, 2.75) is 46.2 Å². The lowest BCUT2D eigenvalue weighted by Crippen LogP contribution is -2.42. The van der Waals surface area contributed by atoms with E-state index >= 15 is 0 Å². The molecular weight excluding hydrogens is 424 g/mol. The summed E-state index contributed by atoms with van der Waals surface area (Å²) in [4.78, 5) is 27.9. The Hall–Kier alpha value is -3.00. The van der Waals surface area contributed by atoms with Crippen molar-refractivity contribution in [3.8, 4) is 17.2 Å². The number of hydrogen-bond acceptors (Lipinski definition) is 7. The standard InChI is InChI=1S/C25H34N2O6/c1-6-27-16(3)14-20(28)22(24(27)29)23(19-9-8-18(31-4)15-21(19)32-5)26-12-10-17(11-13-26)25(30)33-7-2/h8-9,14-15,17,23,28H,6-7,10-13H2,1-5H3. The number of hydrogen-bond donors (Lipinski definition) is 1. The van der Waals surface area contributed by atoms with Crippen LogP contribution in [0.3, 0.4) is 0 Å². The molecule has 2 aromatic rings. The first-order valence-corrected chi connectivity index (χ1v) is 11.4. The van der Waals surface area contributed by atoms with Crippen molar-refractivity contribution >= 4 is 5.97 Å². The summed E-state index contributed by atoms with van der Waals surface area (Å²) >= 11 is 0. The maximum atomic E-state index is 13.5. The second-order valence-electron chi connectivity index (χ2n) is 8.21. The number of likely N-dealkylation sites (tertiary alicyclic amines) is 1. The first-order valence-electron chi connectivity index (χ1n) is 11.4. The maximum Gasteiger partial charge on any atom is 0.309 e. The van der Waals surface area contributed by atoms with Gasteiger partial charge in [-0.05, 0) is 64.9 Å². The van der Waals surface area contributed by atoms with Gasteiger partial charge in [-0.3, -0.25) is 14.5 Å². The Morgan fingerprint density at radius 1 is 1.15 bits per heavy atom. The number of piperidine rings is 1. The Balaban J connectivity index is 2.11. The molecule has 33 heavy (non-hydrogen) atoms. The van der Waals surface area contributed by atoms with Crippen LogP contribution in [0.15, 0.2) is 29.1 Å². The van der Waals surface area contributed by atoms with Crippen LogP contribution in [0.5, 0.6) is 17.2 Å². The van der Waals surface area contributed by atoms with Gasteiger partial charge >= 0.3 is 5.97 Å². The molecule has 8 nitrogen and oxygen atoms in total. The van der Waals surface area contributed by atoms with Gasteiger partial charge in [-0.1, -0.05) is 0 Å². The maximum absolute atomic E-state index is 13.5. The molecule has 0 saturated carbocycles. The molecule has 0 bridgehead atoms. The third-order valence-corrected chi connectivity index (χ3v) is 6.36. The lowest BCUT2D eigenvalue weighted by molar-refractivity contribution is -0.149. The quantitative estimate of drug-likeness (QED) is 0.607. The Morgan fingerprint density at radius 3 is 2.42 bits per heavy atom. The van der Waals surface area contributed by atoms with E-state index in [2.05, 4.69) is 4.90 Å². The highest BCUT2D eigenvalue weighted by atomic mass is 16.5. The van der Waals surface area contributed by atoms with E-state index in [1.165, 1.54) is 0 Å². The number of rotatable bonds is 8. The van der Waals surface area contributed by atoms with Gasteiger partial charge in [0.1, 0.15) is 17.2 Å². The van der Waals surface area contributed by atoms with E-state index in [9.17, 15) is 14.7 Å². The minimum absolute atomic E-state index is 0.0439. The predicted molar refractivity (Wildman–Crippen MR) is 125 cm³/mol. The molecule has 0 spiro atoms. The summed E-state index contributed by atoms with van der Waals surface area (Å²) in [7, 11) is 3.15. The summed E-state index contributed by atoms with van der Waals surface area (Å²) in [5, 5.41) is 10.9. The van der Waals surface area contributed by atoms with E-state index in [0.29, 0.717) is 61.8 Å². The van der Waals surface area contributed by atoms with Crippen molar-refractivity contribution in [1.29, 1.82) is 0 Å². The Bertz CT molecular complexity index is 1040. The summed E-state index contributed by atoms with van der Waals surface area (Å²) in [6.45, 7) is 7.52. The zero-order chi connectivity index (χ0) is 24.1. The molecule has 1 aliphatic rings. The van der Waals surface area contributed by atoms with E-state index < -0.39 is 6.04 Å². The van der Waals surface area contributed by atoms with E-state index in [-0.39, 0.29) is 23.2 Å². The number of nitrogens with zero attached hydrogens (tertiary/aromatic N) is 2. The number of esters is 1. The Morgan fingerprint density at radius 2 is 1.85 bits per heavy atom. The molecule has 1 aromatic carbocycles. The average molecular weight is 459 g/mol. The van der Waals surface area contributed by atoms with Gasteiger partial charge in [-0.2, -0.15) is 0 Å². The highest BCUT2D eigenvalue weighted by Gasteiger charge is 2.35. The van der Waals surface area contributed by atoms with Gasteiger partial charge in [0.2, 0.25) is 0 Å². The third kappa shape index (κ3) is 5.00. The monoisotopic (exact) mass is 458 g/mol. The first kappa shape index (κ1) is 24.6. The molecule has 1 fully saturated rings. The van der Waals surface area contributed by atoms with E-state index in [1.807, 2.05) is 26.0 Å². The summed E-state index contributed by atoms with van der Waals surface area (Å²) in [6.07, 6.45) is 1.23. The van der Waals surface area contributed by atoms with Gasteiger partial charge in [0, 0.05) is 23.9 Å². The van der Waals surface area contributed by atoms with Gasteiger partial charge in [0.25, 0.3) is 5.56 Å². The van der Waals surface area contributed by atoms with Crippen molar-refractivity contribution in [2.75, 3.05) is 33.9 Å². The second-order valence-corrected chi connectivity index (χ2v) is 8.21. The number of aromatic nitrogens is 1. The highest BCUT2D eigenvalue weighted by Crippen LogP contribution is 2.40. The molecule has 180 valence electrons. The number of carbonyl (C=O) groups excluding carboxylic acids is 1. The van der Waals surface area contributed by atoms with Gasteiger partial charge in [0.15, 0.2) is 0 Å². The molecule has 3 rings (SSSR count). The Labute approximate surface area is 194 Å². The van der Waals surface area contributed by atoms with Gasteiger partial charge in [-0.15, -0.1) is 0 Å². The van der Waals surface area contributed by atoms with Crippen LogP contribution in [0.1, 0.15) is 49.6 Å². The summed E-state index contributed by atoms with van der Waals surface area (Å²) in [5.41, 5.74) is 1.53. The topological polar surface area (TPSA) is 90.2 Å². The van der Waals surface area contributed by atoms with Crippen LogP contribution in [0.25, 0.3) is 0 Å². The number of aryl methyl sites for hydroxylation is 1. The number of ether oxygens (including phenoxy) is 3. The summed E-state index contributed by atoms with van der Waals surface area (Å²) in [5.74, 6) is 0.808. The van der Waals surface area contributed by atoms with Crippen LogP contribution in [0.4, 0.5) is 0 Å². The van der Waals surface area contributed by atoms with Crippen LogP contribution in [0.2, 0.25) is 0 Å².